The maximum atomic E-state index is 12.6. The Bertz CT molecular complexity index is 692. The number of nitrogens with one attached hydrogen (secondary N) is 1. The van der Waals surface area contributed by atoms with Crippen molar-refractivity contribution in [1.29, 1.82) is 0 Å². The maximum absolute atomic E-state index is 12.6. The lowest BCUT2D eigenvalue weighted by Gasteiger charge is -2.39. The molecule has 0 saturated carbocycles. The molecule has 0 aromatic rings. The summed E-state index contributed by atoms with van der Waals surface area (Å²) in [5.74, 6) is 0.475. The van der Waals surface area contributed by atoms with Gasteiger partial charge in [-0.25, -0.2) is 0 Å². The van der Waals surface area contributed by atoms with Crippen LogP contribution in [0.25, 0.3) is 0 Å². The lowest BCUT2D eigenvalue weighted by atomic mass is 9.93. The fraction of sp³-hybridized carbons (Fsp3) is 0.906. The first-order chi connectivity index (χ1) is 18.6. The predicted molar refractivity (Wildman–Crippen MR) is 168 cm³/mol. The SMILES string of the molecule is CCCCC(=O)N(CC)C(C)(C)COCC(C)(C)CN(CC)C(=O)CNC(=O)CCC(C)C.CCCCN(C)C. The summed E-state index contributed by atoms with van der Waals surface area (Å²) in [6.07, 6.45) is 6.37. The smallest absolute Gasteiger partial charge is 0.241 e. The zero-order valence-electron chi connectivity index (χ0n) is 28.5. The summed E-state index contributed by atoms with van der Waals surface area (Å²) < 4.78 is 6.08. The molecule has 0 saturated heterocycles. The van der Waals surface area contributed by atoms with Crippen molar-refractivity contribution >= 4 is 17.7 Å². The van der Waals surface area contributed by atoms with Crippen molar-refractivity contribution in [1.82, 2.24) is 20.0 Å². The largest absolute Gasteiger partial charge is 0.378 e. The molecule has 0 aliphatic carbocycles. The third-order valence-electron chi connectivity index (χ3n) is 6.74. The third-order valence-corrected chi connectivity index (χ3v) is 6.74. The van der Waals surface area contributed by atoms with Crippen LogP contribution in [-0.4, -0.2) is 98.0 Å². The number of unbranched alkanes of at least 4 members (excludes halogenated alkanes) is 2. The van der Waals surface area contributed by atoms with Crippen LogP contribution in [-0.2, 0) is 19.1 Å². The molecule has 238 valence electrons. The lowest BCUT2D eigenvalue weighted by molar-refractivity contribution is -0.140. The predicted octanol–water partition coefficient (Wildman–Crippen LogP) is 5.60. The number of hydrogen-bond donors (Lipinski definition) is 1. The molecule has 8 nitrogen and oxygen atoms in total. The molecule has 0 radical (unpaired) electrons. The number of hydrogen-bond acceptors (Lipinski definition) is 5. The van der Waals surface area contributed by atoms with Crippen LogP contribution in [0.2, 0.25) is 0 Å². The zero-order chi connectivity index (χ0) is 31.4. The quantitative estimate of drug-likeness (QED) is 0.206. The van der Waals surface area contributed by atoms with Crippen LogP contribution in [0.4, 0.5) is 0 Å². The Morgan fingerprint density at radius 2 is 1.43 bits per heavy atom. The van der Waals surface area contributed by atoms with Gasteiger partial charge in [0, 0.05) is 37.9 Å². The van der Waals surface area contributed by atoms with Gasteiger partial charge in [-0.15, -0.1) is 0 Å². The fourth-order valence-electron chi connectivity index (χ4n) is 4.27. The standard InChI is InChI=1S/C26H51N3O4.C6H15N/c1-10-13-14-23(31)29(12-3)26(8,9)20-33-19-25(6,7)18-28(11-2)24(32)17-27-22(30)16-15-21(4)5;1-4-5-6-7(2)3/h21H,10-20H2,1-9H3,(H,27,30);4-6H2,1-3H3. The van der Waals surface area contributed by atoms with E-state index in [1.165, 1.54) is 19.4 Å². The van der Waals surface area contributed by atoms with Gasteiger partial charge >= 0.3 is 0 Å². The van der Waals surface area contributed by atoms with E-state index in [9.17, 15) is 14.4 Å². The maximum Gasteiger partial charge on any atom is 0.241 e. The second kappa shape index (κ2) is 22.0. The lowest BCUT2D eigenvalue weighted by Crippen LogP contribution is -2.51. The van der Waals surface area contributed by atoms with Gasteiger partial charge in [-0.05, 0) is 73.5 Å². The average molecular weight is 571 g/mol. The molecule has 0 rings (SSSR count). The van der Waals surface area contributed by atoms with E-state index in [0.717, 1.165) is 19.3 Å². The molecule has 0 spiro atoms. The normalized spacial score (nSPS) is 11.8. The van der Waals surface area contributed by atoms with Gasteiger partial charge in [-0.1, -0.05) is 54.4 Å². The molecule has 0 aromatic heterocycles. The Morgan fingerprint density at radius 1 is 0.825 bits per heavy atom. The van der Waals surface area contributed by atoms with Gasteiger partial charge in [-0.3, -0.25) is 14.4 Å². The fourth-order valence-corrected chi connectivity index (χ4v) is 4.27. The van der Waals surface area contributed by atoms with E-state index in [4.69, 9.17) is 4.74 Å². The van der Waals surface area contributed by atoms with Crippen molar-refractivity contribution in [3.63, 3.8) is 0 Å². The molecule has 1 N–H and O–H groups in total. The summed E-state index contributed by atoms with van der Waals surface area (Å²) in [7, 11) is 4.21. The monoisotopic (exact) mass is 571 g/mol. The highest BCUT2D eigenvalue weighted by Crippen LogP contribution is 2.22. The van der Waals surface area contributed by atoms with Crippen molar-refractivity contribution in [3.05, 3.63) is 0 Å². The molecule has 0 aliphatic rings. The van der Waals surface area contributed by atoms with Gasteiger partial charge in [-0.2, -0.15) is 0 Å². The first kappa shape index (κ1) is 40.5. The first-order valence-corrected chi connectivity index (χ1v) is 15.6. The number of ether oxygens (including phenoxy) is 1. The molecule has 3 amide bonds. The van der Waals surface area contributed by atoms with E-state index in [0.29, 0.717) is 51.6 Å². The van der Waals surface area contributed by atoms with E-state index >= 15 is 0 Å². The molecule has 0 atom stereocenters. The van der Waals surface area contributed by atoms with E-state index < -0.39 is 5.54 Å². The van der Waals surface area contributed by atoms with Gasteiger partial charge in [0.05, 0.1) is 25.3 Å². The second-order valence-corrected chi connectivity index (χ2v) is 13.0. The van der Waals surface area contributed by atoms with Gasteiger partial charge in [0.2, 0.25) is 17.7 Å². The molecule has 0 aromatic carbocycles. The minimum Gasteiger partial charge on any atom is -0.378 e. The molecule has 0 bridgehead atoms. The molecule has 0 aliphatic heterocycles. The van der Waals surface area contributed by atoms with Crippen molar-refractivity contribution in [3.8, 4) is 0 Å². The number of rotatable bonds is 20. The number of carbonyl (C=O) groups is 3. The Labute approximate surface area is 247 Å². The van der Waals surface area contributed by atoms with E-state index in [-0.39, 0.29) is 29.7 Å². The average Bonchev–Trinajstić information content (AvgIpc) is 2.86. The van der Waals surface area contributed by atoms with Crippen molar-refractivity contribution in [2.24, 2.45) is 11.3 Å². The van der Waals surface area contributed by atoms with E-state index in [2.05, 4.69) is 65.9 Å². The minimum atomic E-state index is -0.393. The van der Waals surface area contributed by atoms with E-state index in [1.807, 2.05) is 32.6 Å². The molecule has 8 heteroatoms. The van der Waals surface area contributed by atoms with Crippen molar-refractivity contribution in [2.45, 2.75) is 120 Å². The van der Waals surface area contributed by atoms with Crippen LogP contribution in [0.3, 0.4) is 0 Å². The minimum absolute atomic E-state index is 0.0278. The first-order valence-electron chi connectivity index (χ1n) is 15.6. The number of nitrogens with zero attached hydrogens (tertiary/aromatic N) is 3. The summed E-state index contributed by atoms with van der Waals surface area (Å²) >= 11 is 0. The summed E-state index contributed by atoms with van der Waals surface area (Å²) in [5.41, 5.74) is -0.650. The second-order valence-electron chi connectivity index (χ2n) is 13.0. The van der Waals surface area contributed by atoms with E-state index in [1.54, 1.807) is 4.90 Å². The van der Waals surface area contributed by atoms with Gasteiger partial charge in [0.15, 0.2) is 0 Å². The number of amides is 3. The summed E-state index contributed by atoms with van der Waals surface area (Å²) in [4.78, 5) is 43.0. The highest BCUT2D eigenvalue weighted by molar-refractivity contribution is 5.84. The molecule has 0 unspecified atom stereocenters. The van der Waals surface area contributed by atoms with Crippen molar-refractivity contribution < 1.29 is 19.1 Å². The highest BCUT2D eigenvalue weighted by atomic mass is 16.5. The van der Waals surface area contributed by atoms with Crippen LogP contribution < -0.4 is 5.32 Å². The molecular weight excluding hydrogens is 504 g/mol. The van der Waals surface area contributed by atoms with Crippen LogP contribution in [0.15, 0.2) is 0 Å². The van der Waals surface area contributed by atoms with Crippen LogP contribution >= 0.6 is 0 Å². The summed E-state index contributed by atoms with van der Waals surface area (Å²) in [5, 5.41) is 2.75. The zero-order valence-corrected chi connectivity index (χ0v) is 28.5. The van der Waals surface area contributed by atoms with Crippen LogP contribution in [0, 0.1) is 11.3 Å². The molecular formula is C32H66N4O4. The van der Waals surface area contributed by atoms with Gasteiger partial charge < -0.3 is 24.8 Å². The van der Waals surface area contributed by atoms with Crippen LogP contribution in [0.1, 0.15) is 114 Å². The summed E-state index contributed by atoms with van der Waals surface area (Å²) in [6.45, 7) is 24.6. The Balaban J connectivity index is 0. The highest BCUT2D eigenvalue weighted by Gasteiger charge is 2.31. The van der Waals surface area contributed by atoms with Crippen molar-refractivity contribution in [2.75, 3.05) is 60.0 Å². The molecule has 0 heterocycles. The summed E-state index contributed by atoms with van der Waals surface area (Å²) in [6, 6.07) is 0. The number of carbonyl (C=O) groups excluding carboxylic acids is 3. The molecule has 40 heavy (non-hydrogen) atoms. The van der Waals surface area contributed by atoms with Crippen LogP contribution in [0.5, 0.6) is 0 Å². The Morgan fingerprint density at radius 3 is 1.88 bits per heavy atom. The van der Waals surface area contributed by atoms with Gasteiger partial charge in [0.1, 0.15) is 0 Å². The Kier molecular flexibility index (Phi) is 22.3. The third kappa shape index (κ3) is 20.2. The topological polar surface area (TPSA) is 82.2 Å². The Hall–Kier alpha value is -1.67. The van der Waals surface area contributed by atoms with Gasteiger partial charge in [0.25, 0.3) is 0 Å². The molecule has 0 fully saturated rings. The number of likely N-dealkylation sites (N-methyl/N-ethyl adjacent to an activating group) is 2.